The van der Waals surface area contributed by atoms with Crippen molar-refractivity contribution in [2.75, 3.05) is 0 Å². The van der Waals surface area contributed by atoms with Gasteiger partial charge in [-0.3, -0.25) is 4.79 Å². The van der Waals surface area contributed by atoms with Gasteiger partial charge >= 0.3 is 0 Å². The first-order valence-corrected chi connectivity index (χ1v) is 4.06. The molecule has 0 aliphatic heterocycles. The van der Waals surface area contributed by atoms with Crippen LogP contribution in [0.4, 0.5) is 0 Å². The van der Waals surface area contributed by atoms with Gasteiger partial charge in [0.05, 0.1) is 5.71 Å². The maximum Gasteiger partial charge on any atom is 0.300 e. The van der Waals surface area contributed by atoms with Crippen molar-refractivity contribution in [2.24, 2.45) is 5.16 Å². The van der Waals surface area contributed by atoms with E-state index in [1.807, 2.05) is 0 Å². The number of carboxylic acid groups (broad SMARTS) is 1. The largest absolute Gasteiger partial charge is 0.481 e. The first-order chi connectivity index (χ1) is 5.66. The molecule has 0 atom stereocenters. The second kappa shape index (κ2) is 6.64. The number of hydrogen-bond acceptors (Lipinski definition) is 3. The molecule has 70 valence electrons. The van der Waals surface area contributed by atoms with E-state index in [-0.39, 0.29) is 0 Å². The van der Waals surface area contributed by atoms with E-state index in [0.717, 1.165) is 25.5 Å². The predicted octanol–water partition coefficient (Wildman–Crippen LogP) is 1.87. The molecule has 0 spiro atoms. The van der Waals surface area contributed by atoms with E-state index in [2.05, 4.69) is 5.16 Å². The summed E-state index contributed by atoms with van der Waals surface area (Å²) in [4.78, 5) is 9.00. The lowest BCUT2D eigenvalue weighted by atomic mass is 9.99. The Kier molecular flexibility index (Phi) is 6.05. The van der Waals surface area contributed by atoms with Crippen LogP contribution in [0.25, 0.3) is 0 Å². The molecule has 0 aromatic rings. The predicted molar refractivity (Wildman–Crippen MR) is 45.6 cm³/mol. The molecule has 1 rings (SSSR count). The van der Waals surface area contributed by atoms with Crippen molar-refractivity contribution in [1.82, 2.24) is 0 Å². The fourth-order valence-electron chi connectivity index (χ4n) is 1.06. The molecule has 0 saturated heterocycles. The van der Waals surface area contributed by atoms with Crippen LogP contribution in [0.3, 0.4) is 0 Å². The van der Waals surface area contributed by atoms with Gasteiger partial charge in [0.15, 0.2) is 0 Å². The van der Waals surface area contributed by atoms with Crippen molar-refractivity contribution in [3.05, 3.63) is 0 Å². The van der Waals surface area contributed by atoms with Gasteiger partial charge in [0.2, 0.25) is 0 Å². The van der Waals surface area contributed by atoms with Gasteiger partial charge < -0.3 is 10.3 Å². The van der Waals surface area contributed by atoms with Gasteiger partial charge in [0.25, 0.3) is 5.97 Å². The third kappa shape index (κ3) is 7.05. The lowest BCUT2D eigenvalue weighted by Gasteiger charge is -2.08. The summed E-state index contributed by atoms with van der Waals surface area (Å²) in [6.07, 6.45) is 5.74. The van der Waals surface area contributed by atoms with Crippen molar-refractivity contribution in [3.63, 3.8) is 0 Å². The average Bonchev–Trinajstić information content (AvgIpc) is 2.05. The molecule has 0 aromatic carbocycles. The van der Waals surface area contributed by atoms with Gasteiger partial charge in [-0.1, -0.05) is 11.6 Å². The van der Waals surface area contributed by atoms with Gasteiger partial charge in [-0.2, -0.15) is 0 Å². The normalized spacial score (nSPS) is 15.9. The van der Waals surface area contributed by atoms with Gasteiger partial charge in [0.1, 0.15) is 0 Å². The second-order valence-corrected chi connectivity index (χ2v) is 2.75. The Balaban J connectivity index is 0.000000261. The van der Waals surface area contributed by atoms with Crippen LogP contribution in [0.2, 0.25) is 0 Å². The molecule has 0 aromatic heterocycles. The number of rotatable bonds is 0. The summed E-state index contributed by atoms with van der Waals surface area (Å²) in [5.74, 6) is -0.833. The Morgan fingerprint density at radius 2 is 1.75 bits per heavy atom. The molecule has 1 saturated carbocycles. The zero-order valence-electron chi connectivity index (χ0n) is 7.29. The molecule has 4 nitrogen and oxygen atoms in total. The van der Waals surface area contributed by atoms with E-state index in [4.69, 9.17) is 15.1 Å². The molecule has 0 heterocycles. The van der Waals surface area contributed by atoms with Gasteiger partial charge in [-0.15, -0.1) is 0 Å². The summed E-state index contributed by atoms with van der Waals surface area (Å²) in [7, 11) is 0. The minimum atomic E-state index is -0.833. The fourth-order valence-corrected chi connectivity index (χ4v) is 1.06. The molecule has 0 unspecified atom stereocenters. The molecule has 0 bridgehead atoms. The highest BCUT2D eigenvalue weighted by Crippen LogP contribution is 2.13. The molecule has 4 heteroatoms. The van der Waals surface area contributed by atoms with Gasteiger partial charge in [-0.05, 0) is 25.7 Å². The minimum absolute atomic E-state index is 0.833. The highest BCUT2D eigenvalue weighted by Gasteiger charge is 2.05. The molecule has 12 heavy (non-hydrogen) atoms. The summed E-state index contributed by atoms with van der Waals surface area (Å²) in [5.41, 5.74) is 0.983. The van der Waals surface area contributed by atoms with Crippen LogP contribution in [0.1, 0.15) is 39.0 Å². The molecule has 1 fully saturated rings. The van der Waals surface area contributed by atoms with E-state index >= 15 is 0 Å². The Morgan fingerprint density at radius 1 is 1.33 bits per heavy atom. The molecule has 1 aliphatic rings. The molecule has 0 amide bonds. The van der Waals surface area contributed by atoms with Crippen molar-refractivity contribution >= 4 is 11.7 Å². The Labute approximate surface area is 71.9 Å². The van der Waals surface area contributed by atoms with Crippen LogP contribution in [-0.4, -0.2) is 22.0 Å². The molecule has 2 N–H and O–H groups in total. The number of nitrogens with zero attached hydrogens (tertiary/aromatic N) is 1. The Morgan fingerprint density at radius 3 is 2.00 bits per heavy atom. The molecule has 0 radical (unpaired) electrons. The number of carbonyl (C=O) groups is 1. The summed E-state index contributed by atoms with van der Waals surface area (Å²) in [5, 5.41) is 18.9. The lowest BCUT2D eigenvalue weighted by molar-refractivity contribution is -0.134. The van der Waals surface area contributed by atoms with Crippen LogP contribution in [0.5, 0.6) is 0 Å². The number of oxime groups is 1. The number of aliphatic carboxylic acids is 1. The van der Waals surface area contributed by atoms with E-state index in [9.17, 15) is 0 Å². The highest BCUT2D eigenvalue weighted by molar-refractivity contribution is 5.84. The van der Waals surface area contributed by atoms with Crippen molar-refractivity contribution in [3.8, 4) is 0 Å². The Bertz CT molecular complexity index is 154. The van der Waals surface area contributed by atoms with E-state index in [1.54, 1.807) is 0 Å². The number of carboxylic acids is 1. The van der Waals surface area contributed by atoms with Crippen LogP contribution in [0, 0.1) is 0 Å². The average molecular weight is 173 g/mol. The second-order valence-electron chi connectivity index (χ2n) is 2.75. The first-order valence-electron chi connectivity index (χ1n) is 4.06. The maximum atomic E-state index is 9.00. The van der Waals surface area contributed by atoms with Crippen molar-refractivity contribution < 1.29 is 15.1 Å². The van der Waals surface area contributed by atoms with E-state index < -0.39 is 5.97 Å². The topological polar surface area (TPSA) is 69.9 Å². The molecule has 1 aliphatic carbocycles. The summed E-state index contributed by atoms with van der Waals surface area (Å²) in [6, 6.07) is 0. The van der Waals surface area contributed by atoms with Crippen molar-refractivity contribution in [1.29, 1.82) is 0 Å². The lowest BCUT2D eigenvalue weighted by Crippen LogP contribution is -2.03. The van der Waals surface area contributed by atoms with Gasteiger partial charge in [0, 0.05) is 6.92 Å². The van der Waals surface area contributed by atoms with E-state index in [1.165, 1.54) is 19.3 Å². The quantitative estimate of drug-likeness (QED) is 0.434. The summed E-state index contributed by atoms with van der Waals surface area (Å²) >= 11 is 0. The van der Waals surface area contributed by atoms with Crippen LogP contribution >= 0.6 is 0 Å². The summed E-state index contributed by atoms with van der Waals surface area (Å²) in [6.45, 7) is 1.08. The number of hydrogen-bond donors (Lipinski definition) is 2. The molecular weight excluding hydrogens is 158 g/mol. The first kappa shape index (κ1) is 10.9. The summed E-state index contributed by atoms with van der Waals surface area (Å²) < 4.78 is 0. The zero-order chi connectivity index (χ0) is 9.40. The monoisotopic (exact) mass is 173 g/mol. The van der Waals surface area contributed by atoms with Crippen LogP contribution < -0.4 is 0 Å². The minimum Gasteiger partial charge on any atom is -0.481 e. The SMILES string of the molecule is CC(=O)O.ON=C1CCCCC1. The third-order valence-electron chi connectivity index (χ3n) is 1.57. The van der Waals surface area contributed by atoms with Crippen LogP contribution in [0.15, 0.2) is 5.16 Å². The van der Waals surface area contributed by atoms with E-state index in [0.29, 0.717) is 0 Å². The standard InChI is InChI=1S/C6H11NO.C2H4O2/c8-7-6-4-2-1-3-5-6;1-2(3)4/h8H,1-5H2;1H3,(H,3,4). The zero-order valence-corrected chi connectivity index (χ0v) is 7.29. The van der Waals surface area contributed by atoms with Gasteiger partial charge in [-0.25, -0.2) is 0 Å². The highest BCUT2D eigenvalue weighted by atomic mass is 16.4. The van der Waals surface area contributed by atoms with Crippen LogP contribution in [-0.2, 0) is 4.79 Å². The molecular formula is C8H15NO3. The van der Waals surface area contributed by atoms with Crippen molar-refractivity contribution in [2.45, 2.75) is 39.0 Å². The third-order valence-corrected chi connectivity index (χ3v) is 1.57. The fraction of sp³-hybridized carbons (Fsp3) is 0.750. The smallest absolute Gasteiger partial charge is 0.300 e. The maximum absolute atomic E-state index is 9.00. The Hall–Kier alpha value is -1.06.